The molecule has 1 unspecified atom stereocenters. The van der Waals surface area contributed by atoms with E-state index in [1.807, 2.05) is 0 Å². The number of fused-ring (bicyclic) bond motifs is 4. The van der Waals surface area contributed by atoms with Gasteiger partial charge < -0.3 is 49.2 Å². The SMILES string of the molecule is CC1O[C@@H]2C[C@@H](O[C@H]3CC[C@H](O)[C@H](C)O3)[C@]1(O)c1c(O)c3c(c(O)c12)C(=O)[C@]12C[C@H](CC(=O)O1)O[C@@H](C)[C@]2(O)C3=O. The fourth-order valence-electron chi connectivity index (χ4n) is 7.85. The van der Waals surface area contributed by atoms with Gasteiger partial charge in [0.2, 0.25) is 22.8 Å². The number of carbonyl (C=O) groups is 3. The highest BCUT2D eigenvalue weighted by molar-refractivity contribution is 6.25. The lowest BCUT2D eigenvalue weighted by molar-refractivity contribution is -0.311. The van der Waals surface area contributed by atoms with Crippen molar-refractivity contribution in [3.8, 4) is 11.5 Å². The first-order chi connectivity index (χ1) is 19.3. The van der Waals surface area contributed by atoms with Crippen molar-refractivity contribution in [1.82, 2.24) is 0 Å². The number of aliphatic hydroxyl groups is 3. The number of hydrogen-bond donors (Lipinski definition) is 5. The lowest BCUT2D eigenvalue weighted by Gasteiger charge is -2.57. The Hall–Kier alpha value is -2.65. The molecule has 13 heteroatoms. The third-order valence-corrected chi connectivity index (χ3v) is 10.0. The number of aromatic hydroxyl groups is 2. The van der Waals surface area contributed by atoms with Crippen LogP contribution in [0.25, 0.3) is 0 Å². The normalized spacial score (nSPS) is 46.4. The maximum atomic E-state index is 14.1. The van der Waals surface area contributed by atoms with Crippen molar-refractivity contribution in [3.05, 3.63) is 22.3 Å². The zero-order chi connectivity index (χ0) is 29.4. The highest BCUT2D eigenvalue weighted by Gasteiger charge is 2.75. The average molecular weight is 577 g/mol. The summed E-state index contributed by atoms with van der Waals surface area (Å²) in [7, 11) is 0. The number of phenols is 2. The van der Waals surface area contributed by atoms with Crippen molar-refractivity contribution < 1.29 is 63.6 Å². The standard InChI is InChI=1S/C28H32O13/c1-9-13(29)4-5-17(37-9)40-15-7-14-18-21(27(15,35)10(2)39-14)23(32)20-19(22(18)31)24(33)26-8-12(6-16(30)41-26)38-11(3)28(26,36)25(20)34/h9-15,17,29,31-32,35-36H,4-8H2,1-3H3/t9-,10?,11-,12-,13-,14+,15+,17-,26-,27-,28-/m0/s1. The lowest BCUT2D eigenvalue weighted by atomic mass is 9.58. The van der Waals surface area contributed by atoms with Gasteiger partial charge >= 0.3 is 5.97 Å². The molecule has 0 aromatic heterocycles. The first kappa shape index (κ1) is 27.2. The van der Waals surface area contributed by atoms with Gasteiger partial charge in [-0.1, -0.05) is 0 Å². The van der Waals surface area contributed by atoms with Crippen LogP contribution in [-0.4, -0.2) is 97.2 Å². The van der Waals surface area contributed by atoms with Crippen molar-refractivity contribution >= 4 is 17.5 Å². The molecule has 13 nitrogen and oxygen atoms in total. The number of ketones is 2. The average Bonchev–Trinajstić information content (AvgIpc) is 2.90. The van der Waals surface area contributed by atoms with Gasteiger partial charge in [0.15, 0.2) is 6.29 Å². The molecular weight excluding hydrogens is 544 g/mol. The molecule has 5 aliphatic heterocycles. The Morgan fingerprint density at radius 1 is 0.902 bits per heavy atom. The predicted molar refractivity (Wildman–Crippen MR) is 132 cm³/mol. The Morgan fingerprint density at radius 3 is 2.32 bits per heavy atom. The van der Waals surface area contributed by atoms with E-state index >= 15 is 0 Å². The minimum Gasteiger partial charge on any atom is -0.507 e. The van der Waals surface area contributed by atoms with Crippen LogP contribution in [0.4, 0.5) is 0 Å². The Morgan fingerprint density at radius 2 is 1.61 bits per heavy atom. The molecule has 222 valence electrons. The number of hydrogen-bond acceptors (Lipinski definition) is 13. The van der Waals surface area contributed by atoms with E-state index in [0.29, 0.717) is 12.8 Å². The highest BCUT2D eigenvalue weighted by Crippen LogP contribution is 2.62. The molecule has 5 N–H and O–H groups in total. The van der Waals surface area contributed by atoms with Crippen molar-refractivity contribution in [3.63, 3.8) is 0 Å². The van der Waals surface area contributed by atoms with Gasteiger partial charge in [-0.05, 0) is 27.2 Å². The van der Waals surface area contributed by atoms with Gasteiger partial charge in [-0.2, -0.15) is 0 Å². The number of Topliss-reactive ketones (excluding diaryl/α,β-unsaturated/α-hetero) is 2. The number of ether oxygens (including phenoxy) is 5. The first-order valence-electron chi connectivity index (χ1n) is 13.9. The molecule has 4 fully saturated rings. The summed E-state index contributed by atoms with van der Waals surface area (Å²) in [5, 5.41) is 57.3. The van der Waals surface area contributed by atoms with Crippen LogP contribution in [0.3, 0.4) is 0 Å². The first-order valence-corrected chi connectivity index (χ1v) is 13.9. The summed E-state index contributed by atoms with van der Waals surface area (Å²) in [6.45, 7) is 4.60. The number of rotatable bonds is 2. The Labute approximate surface area is 233 Å². The Balaban J connectivity index is 1.39. The van der Waals surface area contributed by atoms with Crippen LogP contribution in [-0.2, 0) is 34.1 Å². The fourth-order valence-corrected chi connectivity index (χ4v) is 7.85. The summed E-state index contributed by atoms with van der Waals surface area (Å²) in [5.74, 6) is -4.60. The third kappa shape index (κ3) is 3.17. The third-order valence-electron chi connectivity index (χ3n) is 10.0. The zero-order valence-corrected chi connectivity index (χ0v) is 22.7. The lowest BCUT2D eigenvalue weighted by Crippen LogP contribution is -2.78. The van der Waals surface area contributed by atoms with Crippen molar-refractivity contribution in [2.75, 3.05) is 0 Å². The summed E-state index contributed by atoms with van der Waals surface area (Å²) in [4.78, 5) is 40.7. The van der Waals surface area contributed by atoms with E-state index in [9.17, 15) is 39.9 Å². The molecule has 1 spiro atoms. The van der Waals surface area contributed by atoms with Crippen LogP contribution in [0.1, 0.15) is 90.8 Å². The monoisotopic (exact) mass is 576 g/mol. The molecule has 11 atom stereocenters. The number of benzene rings is 1. The van der Waals surface area contributed by atoms with Gasteiger partial charge in [-0.3, -0.25) is 14.4 Å². The molecule has 4 saturated heterocycles. The summed E-state index contributed by atoms with van der Waals surface area (Å²) in [5.41, 5.74) is -8.83. The quantitative estimate of drug-likeness (QED) is 0.240. The summed E-state index contributed by atoms with van der Waals surface area (Å²) < 4.78 is 29.1. The number of carbonyl (C=O) groups excluding carboxylic acids is 3. The topological polar surface area (TPSA) is 199 Å². The van der Waals surface area contributed by atoms with E-state index in [-0.39, 0.29) is 30.4 Å². The van der Waals surface area contributed by atoms with Crippen molar-refractivity contribution in [1.29, 1.82) is 0 Å². The van der Waals surface area contributed by atoms with Gasteiger partial charge in [0, 0.05) is 30.4 Å². The Kier molecular flexibility index (Phi) is 5.62. The van der Waals surface area contributed by atoms with Crippen LogP contribution in [0, 0.1) is 0 Å². The van der Waals surface area contributed by atoms with Gasteiger partial charge in [-0.25, -0.2) is 0 Å². The van der Waals surface area contributed by atoms with E-state index in [4.69, 9.17) is 23.7 Å². The molecular formula is C28H32O13. The molecule has 0 saturated carbocycles. The van der Waals surface area contributed by atoms with E-state index < -0.39 is 106 Å². The molecule has 0 amide bonds. The van der Waals surface area contributed by atoms with E-state index in [1.54, 1.807) is 13.8 Å². The molecule has 5 heterocycles. The molecule has 2 aliphatic carbocycles. The van der Waals surface area contributed by atoms with Crippen molar-refractivity contribution in [2.24, 2.45) is 0 Å². The minimum absolute atomic E-state index is 0.00950. The molecule has 1 aromatic rings. The maximum Gasteiger partial charge on any atom is 0.309 e. The van der Waals surface area contributed by atoms with Crippen LogP contribution in [0.2, 0.25) is 0 Å². The van der Waals surface area contributed by atoms with Crippen molar-refractivity contribution in [2.45, 2.75) is 119 Å². The minimum atomic E-state index is -2.71. The molecule has 8 rings (SSSR count). The van der Waals surface area contributed by atoms with Crippen LogP contribution < -0.4 is 0 Å². The maximum absolute atomic E-state index is 14.1. The summed E-state index contributed by atoms with van der Waals surface area (Å²) >= 11 is 0. The second kappa shape index (κ2) is 8.47. The fraction of sp³-hybridized carbons (Fsp3) is 0.679. The summed E-state index contributed by atoms with van der Waals surface area (Å²) in [6, 6.07) is 0. The molecule has 7 aliphatic rings. The van der Waals surface area contributed by atoms with E-state index in [2.05, 4.69) is 0 Å². The molecule has 1 aromatic carbocycles. The molecule has 4 bridgehead atoms. The highest BCUT2D eigenvalue weighted by atomic mass is 16.7. The van der Waals surface area contributed by atoms with Gasteiger partial charge in [0.25, 0.3) is 0 Å². The molecule has 41 heavy (non-hydrogen) atoms. The second-order valence-corrected chi connectivity index (χ2v) is 12.1. The second-order valence-electron chi connectivity index (χ2n) is 12.1. The van der Waals surface area contributed by atoms with E-state index in [0.717, 1.165) is 0 Å². The summed E-state index contributed by atoms with van der Waals surface area (Å²) in [6.07, 6.45) is -6.80. The van der Waals surface area contributed by atoms with E-state index in [1.165, 1.54) is 6.92 Å². The number of esters is 1. The number of aliphatic hydroxyl groups excluding tert-OH is 1. The van der Waals surface area contributed by atoms with Crippen LogP contribution in [0.15, 0.2) is 0 Å². The van der Waals surface area contributed by atoms with Gasteiger partial charge in [0.1, 0.15) is 17.1 Å². The Bertz CT molecular complexity index is 1390. The molecule has 0 radical (unpaired) electrons. The van der Waals surface area contributed by atoms with Gasteiger partial charge in [-0.15, -0.1) is 0 Å². The largest absolute Gasteiger partial charge is 0.507 e. The van der Waals surface area contributed by atoms with Gasteiger partial charge in [0.05, 0.1) is 60.3 Å². The van der Waals surface area contributed by atoms with Crippen LogP contribution >= 0.6 is 0 Å². The van der Waals surface area contributed by atoms with Crippen LogP contribution in [0.5, 0.6) is 11.5 Å². The smallest absolute Gasteiger partial charge is 0.309 e. The zero-order valence-electron chi connectivity index (χ0n) is 22.7. The number of phenolic OH excluding ortho intramolecular Hbond substituents is 2. The predicted octanol–water partition coefficient (Wildman–Crippen LogP) is 0.393.